The maximum Gasteiger partial charge on any atom is 0.248 e. The van der Waals surface area contributed by atoms with Gasteiger partial charge in [0.25, 0.3) is 0 Å². The number of likely N-dealkylation sites (tertiary alicyclic amines) is 1. The van der Waals surface area contributed by atoms with E-state index in [9.17, 15) is 4.79 Å². The van der Waals surface area contributed by atoms with Crippen molar-refractivity contribution in [3.63, 3.8) is 0 Å². The lowest BCUT2D eigenvalue weighted by molar-refractivity contribution is -0.138. The molecule has 0 spiro atoms. The fourth-order valence-electron chi connectivity index (χ4n) is 1.75. The Balaban J connectivity index is 2.24. The average molecular weight is 214 g/mol. The monoisotopic (exact) mass is 214 g/mol. The van der Waals surface area contributed by atoms with Crippen molar-refractivity contribution >= 4 is 5.91 Å². The molecule has 2 N–H and O–H groups in total. The van der Waals surface area contributed by atoms with E-state index in [1.54, 1.807) is 0 Å². The zero-order valence-electron chi connectivity index (χ0n) is 9.74. The van der Waals surface area contributed by atoms with Gasteiger partial charge in [-0.1, -0.05) is 0 Å². The van der Waals surface area contributed by atoms with Crippen molar-refractivity contribution in [2.75, 3.05) is 26.2 Å². The van der Waals surface area contributed by atoms with Crippen LogP contribution in [0.2, 0.25) is 0 Å². The Labute approximate surface area is 91.8 Å². The summed E-state index contributed by atoms with van der Waals surface area (Å²) >= 11 is 0. The summed E-state index contributed by atoms with van der Waals surface area (Å²) in [6.07, 6.45) is 2.18. The van der Waals surface area contributed by atoms with Crippen molar-refractivity contribution < 1.29 is 9.53 Å². The summed E-state index contributed by atoms with van der Waals surface area (Å²) in [6, 6.07) is 0. The number of carbonyl (C=O) groups is 1. The van der Waals surface area contributed by atoms with Gasteiger partial charge in [-0.25, -0.2) is 0 Å². The summed E-state index contributed by atoms with van der Waals surface area (Å²) in [7, 11) is 0. The molecule has 4 heteroatoms. The maximum absolute atomic E-state index is 11.7. The summed E-state index contributed by atoms with van der Waals surface area (Å²) in [6.45, 7) is 6.50. The van der Waals surface area contributed by atoms with E-state index in [4.69, 9.17) is 10.5 Å². The molecule has 0 atom stereocenters. The molecule has 0 unspecified atom stereocenters. The Bertz CT molecular complexity index is 199. The van der Waals surface area contributed by atoms with E-state index in [0.29, 0.717) is 5.92 Å². The van der Waals surface area contributed by atoms with Crippen LogP contribution in [-0.2, 0) is 9.53 Å². The minimum atomic E-state index is 0.110. The van der Waals surface area contributed by atoms with E-state index in [-0.39, 0.29) is 18.6 Å². The lowest BCUT2D eigenvalue weighted by atomic mass is 9.97. The van der Waals surface area contributed by atoms with Gasteiger partial charge in [0.1, 0.15) is 6.61 Å². The maximum atomic E-state index is 11.7. The first-order chi connectivity index (χ1) is 7.13. The van der Waals surface area contributed by atoms with Crippen molar-refractivity contribution in [1.29, 1.82) is 0 Å². The molecule has 0 aliphatic carbocycles. The standard InChI is InChI=1S/C11H22N2O2/c1-9(2)15-8-11(14)13-5-3-10(7-12)4-6-13/h9-10H,3-8,12H2,1-2H3. The number of amides is 1. The first-order valence-electron chi connectivity index (χ1n) is 5.73. The molecule has 1 heterocycles. The lowest BCUT2D eigenvalue weighted by Crippen LogP contribution is -2.42. The van der Waals surface area contributed by atoms with Crippen LogP contribution in [0.1, 0.15) is 26.7 Å². The van der Waals surface area contributed by atoms with E-state index in [1.807, 2.05) is 18.7 Å². The van der Waals surface area contributed by atoms with Crippen LogP contribution in [-0.4, -0.2) is 43.2 Å². The number of nitrogens with zero attached hydrogens (tertiary/aromatic N) is 1. The van der Waals surface area contributed by atoms with Gasteiger partial charge < -0.3 is 15.4 Å². The molecule has 0 aromatic carbocycles. The molecular weight excluding hydrogens is 192 g/mol. The van der Waals surface area contributed by atoms with Gasteiger partial charge >= 0.3 is 0 Å². The quantitative estimate of drug-likeness (QED) is 0.746. The van der Waals surface area contributed by atoms with Crippen molar-refractivity contribution in [3.8, 4) is 0 Å². The van der Waals surface area contributed by atoms with Crippen molar-refractivity contribution in [3.05, 3.63) is 0 Å². The van der Waals surface area contributed by atoms with Crippen LogP contribution in [0.25, 0.3) is 0 Å². The predicted octanol–water partition coefficient (Wildman–Crippen LogP) is 0.609. The second kappa shape index (κ2) is 6.08. The second-order valence-corrected chi connectivity index (χ2v) is 4.42. The fourth-order valence-corrected chi connectivity index (χ4v) is 1.75. The highest BCUT2D eigenvalue weighted by Crippen LogP contribution is 2.15. The summed E-state index contributed by atoms with van der Waals surface area (Å²) < 4.78 is 5.29. The third-order valence-electron chi connectivity index (χ3n) is 2.84. The molecule has 0 aromatic heterocycles. The van der Waals surface area contributed by atoms with Gasteiger partial charge in [-0.05, 0) is 39.2 Å². The molecule has 1 amide bonds. The van der Waals surface area contributed by atoms with Gasteiger partial charge in [0.2, 0.25) is 5.91 Å². The molecule has 15 heavy (non-hydrogen) atoms. The Morgan fingerprint density at radius 3 is 2.53 bits per heavy atom. The number of ether oxygens (including phenoxy) is 1. The number of hydrogen-bond acceptors (Lipinski definition) is 3. The topological polar surface area (TPSA) is 55.6 Å². The zero-order chi connectivity index (χ0) is 11.3. The Kier molecular flexibility index (Phi) is 5.05. The Morgan fingerprint density at radius 1 is 1.47 bits per heavy atom. The second-order valence-electron chi connectivity index (χ2n) is 4.42. The molecule has 0 saturated carbocycles. The summed E-state index contributed by atoms with van der Waals surface area (Å²) in [5, 5.41) is 0. The molecule has 0 radical (unpaired) electrons. The van der Waals surface area contributed by atoms with E-state index in [1.165, 1.54) is 0 Å². The lowest BCUT2D eigenvalue weighted by Gasteiger charge is -2.31. The highest BCUT2D eigenvalue weighted by Gasteiger charge is 2.21. The normalized spacial score (nSPS) is 18.5. The first-order valence-corrected chi connectivity index (χ1v) is 5.73. The van der Waals surface area contributed by atoms with Crippen LogP contribution >= 0.6 is 0 Å². The van der Waals surface area contributed by atoms with E-state index in [2.05, 4.69) is 0 Å². The number of carbonyl (C=O) groups excluding carboxylic acids is 1. The van der Waals surface area contributed by atoms with Gasteiger partial charge in [0.05, 0.1) is 6.10 Å². The minimum Gasteiger partial charge on any atom is -0.369 e. The SMILES string of the molecule is CC(C)OCC(=O)N1CCC(CN)CC1. The van der Waals surface area contributed by atoms with Gasteiger partial charge in [-0.15, -0.1) is 0 Å². The van der Waals surface area contributed by atoms with Crippen molar-refractivity contribution in [2.45, 2.75) is 32.8 Å². The number of hydrogen-bond donors (Lipinski definition) is 1. The number of nitrogens with two attached hydrogens (primary N) is 1. The van der Waals surface area contributed by atoms with E-state index < -0.39 is 0 Å². The highest BCUT2D eigenvalue weighted by molar-refractivity contribution is 5.77. The smallest absolute Gasteiger partial charge is 0.248 e. The summed E-state index contributed by atoms with van der Waals surface area (Å²) in [5.41, 5.74) is 5.60. The Morgan fingerprint density at radius 2 is 2.07 bits per heavy atom. The first kappa shape index (κ1) is 12.5. The van der Waals surface area contributed by atoms with Gasteiger partial charge in [0.15, 0.2) is 0 Å². The molecule has 4 nitrogen and oxygen atoms in total. The molecule has 1 rings (SSSR count). The molecule has 88 valence electrons. The van der Waals surface area contributed by atoms with Crippen LogP contribution in [0.15, 0.2) is 0 Å². The minimum absolute atomic E-state index is 0.110. The number of rotatable bonds is 4. The van der Waals surface area contributed by atoms with Crippen LogP contribution in [0.4, 0.5) is 0 Å². The highest BCUT2D eigenvalue weighted by atomic mass is 16.5. The molecule has 1 fully saturated rings. The third-order valence-corrected chi connectivity index (χ3v) is 2.84. The third kappa shape index (κ3) is 4.18. The molecule has 1 aliphatic heterocycles. The Hall–Kier alpha value is -0.610. The molecule has 1 aliphatic rings. The van der Waals surface area contributed by atoms with E-state index in [0.717, 1.165) is 32.5 Å². The zero-order valence-corrected chi connectivity index (χ0v) is 9.74. The predicted molar refractivity (Wildman–Crippen MR) is 59.4 cm³/mol. The van der Waals surface area contributed by atoms with Gasteiger partial charge in [-0.2, -0.15) is 0 Å². The average Bonchev–Trinajstić information content (AvgIpc) is 2.26. The summed E-state index contributed by atoms with van der Waals surface area (Å²) in [5.74, 6) is 0.708. The largest absolute Gasteiger partial charge is 0.369 e. The van der Waals surface area contributed by atoms with Crippen molar-refractivity contribution in [2.24, 2.45) is 11.7 Å². The summed E-state index contributed by atoms with van der Waals surface area (Å²) in [4.78, 5) is 13.6. The van der Waals surface area contributed by atoms with Crippen molar-refractivity contribution in [1.82, 2.24) is 4.90 Å². The van der Waals surface area contributed by atoms with Gasteiger partial charge in [-0.3, -0.25) is 4.79 Å². The van der Waals surface area contributed by atoms with Crippen LogP contribution in [0.3, 0.4) is 0 Å². The van der Waals surface area contributed by atoms with Crippen LogP contribution in [0.5, 0.6) is 0 Å². The fraction of sp³-hybridized carbons (Fsp3) is 0.909. The van der Waals surface area contributed by atoms with Crippen LogP contribution in [0, 0.1) is 5.92 Å². The van der Waals surface area contributed by atoms with E-state index >= 15 is 0 Å². The van der Waals surface area contributed by atoms with Gasteiger partial charge in [0, 0.05) is 13.1 Å². The molecule has 0 bridgehead atoms. The molecule has 0 aromatic rings. The molecular formula is C11H22N2O2. The molecule has 1 saturated heterocycles. The number of piperidine rings is 1. The van der Waals surface area contributed by atoms with Crippen LogP contribution < -0.4 is 5.73 Å².